The molecule has 0 saturated heterocycles. The van der Waals surface area contributed by atoms with Crippen molar-refractivity contribution in [2.45, 2.75) is 0 Å². The van der Waals surface area contributed by atoms with Crippen molar-refractivity contribution in [3.8, 4) is 0 Å². The molecule has 0 fully saturated rings. The Morgan fingerprint density at radius 3 is 2.30 bits per heavy atom. The standard InChI is InChI=1S/C6H13NO2S/c1-7(2,3)4-5-10-6(8)9/h4-5H2,1-3H3/p+1. The van der Waals surface area contributed by atoms with E-state index >= 15 is 0 Å². The Labute approximate surface area is 65.6 Å². The van der Waals surface area contributed by atoms with Gasteiger partial charge in [0.15, 0.2) is 0 Å². The second-order valence-corrected chi connectivity index (χ2v) is 4.17. The van der Waals surface area contributed by atoms with Gasteiger partial charge in [0.1, 0.15) is 0 Å². The Balaban J connectivity index is 3.29. The first-order chi connectivity index (χ1) is 4.42. The molecule has 0 radical (unpaired) electrons. The minimum atomic E-state index is -0.784. The first kappa shape index (κ1) is 9.78. The smallest absolute Gasteiger partial charge is 0.365 e. The van der Waals surface area contributed by atoms with E-state index in [1.165, 1.54) is 0 Å². The molecule has 0 saturated carbocycles. The zero-order chi connectivity index (χ0) is 8.20. The van der Waals surface area contributed by atoms with Crippen LogP contribution in [0.5, 0.6) is 0 Å². The molecule has 0 unspecified atom stereocenters. The van der Waals surface area contributed by atoms with Gasteiger partial charge >= 0.3 is 5.30 Å². The van der Waals surface area contributed by atoms with Crippen molar-refractivity contribution < 1.29 is 14.4 Å². The van der Waals surface area contributed by atoms with E-state index in [-0.39, 0.29) is 0 Å². The summed E-state index contributed by atoms with van der Waals surface area (Å²) < 4.78 is 0.820. The molecular weight excluding hydrogens is 150 g/mol. The van der Waals surface area contributed by atoms with E-state index in [1.807, 2.05) is 21.1 Å². The van der Waals surface area contributed by atoms with Crippen molar-refractivity contribution in [2.75, 3.05) is 33.4 Å². The Kier molecular flexibility index (Phi) is 3.75. The van der Waals surface area contributed by atoms with Crippen LogP contribution in [0.25, 0.3) is 0 Å². The minimum Gasteiger partial charge on any atom is -0.473 e. The highest BCUT2D eigenvalue weighted by molar-refractivity contribution is 8.13. The number of nitrogens with zero attached hydrogens (tertiary/aromatic N) is 1. The molecule has 3 nitrogen and oxygen atoms in total. The average molecular weight is 164 g/mol. The van der Waals surface area contributed by atoms with Gasteiger partial charge in [-0.3, -0.25) is 0 Å². The summed E-state index contributed by atoms with van der Waals surface area (Å²) in [4.78, 5) is 10.0. The van der Waals surface area contributed by atoms with Crippen LogP contribution in [0.2, 0.25) is 0 Å². The lowest BCUT2D eigenvalue weighted by atomic mass is 10.6. The molecule has 0 aliphatic carbocycles. The van der Waals surface area contributed by atoms with Crippen molar-refractivity contribution >= 4 is 17.1 Å². The van der Waals surface area contributed by atoms with Gasteiger partial charge in [0.05, 0.1) is 33.4 Å². The summed E-state index contributed by atoms with van der Waals surface area (Å²) in [5, 5.41) is 7.48. The highest BCUT2D eigenvalue weighted by Gasteiger charge is 2.07. The van der Waals surface area contributed by atoms with E-state index < -0.39 is 5.30 Å². The maximum Gasteiger partial charge on any atom is 0.365 e. The van der Waals surface area contributed by atoms with Crippen LogP contribution >= 0.6 is 11.8 Å². The van der Waals surface area contributed by atoms with Gasteiger partial charge in [0.2, 0.25) is 0 Å². The maximum absolute atomic E-state index is 10.0. The first-order valence-corrected chi connectivity index (χ1v) is 4.06. The molecule has 0 amide bonds. The van der Waals surface area contributed by atoms with Gasteiger partial charge in [-0.05, 0) is 11.8 Å². The number of rotatable bonds is 3. The van der Waals surface area contributed by atoms with Crippen molar-refractivity contribution in [1.82, 2.24) is 0 Å². The Morgan fingerprint density at radius 2 is 2.00 bits per heavy atom. The molecule has 4 heteroatoms. The number of carboxylic acid groups (broad SMARTS) is 1. The molecule has 0 aliphatic rings. The summed E-state index contributed by atoms with van der Waals surface area (Å²) >= 11 is 0.959. The highest BCUT2D eigenvalue weighted by Crippen LogP contribution is 2.02. The largest absolute Gasteiger partial charge is 0.473 e. The lowest BCUT2D eigenvalue weighted by Gasteiger charge is -2.22. The van der Waals surface area contributed by atoms with Crippen LogP contribution in [0.15, 0.2) is 0 Å². The first-order valence-electron chi connectivity index (χ1n) is 3.08. The summed E-state index contributed by atoms with van der Waals surface area (Å²) in [7, 11) is 6.13. The van der Waals surface area contributed by atoms with E-state index in [0.29, 0.717) is 5.75 Å². The quantitative estimate of drug-likeness (QED) is 0.635. The third-order valence-corrected chi connectivity index (χ3v) is 1.62. The maximum atomic E-state index is 10.0. The molecule has 1 N–H and O–H groups in total. The molecule has 0 aromatic rings. The van der Waals surface area contributed by atoms with Gasteiger partial charge < -0.3 is 9.59 Å². The van der Waals surface area contributed by atoms with Crippen LogP contribution in [-0.4, -0.2) is 48.3 Å². The second-order valence-electron chi connectivity index (χ2n) is 3.13. The summed E-state index contributed by atoms with van der Waals surface area (Å²) in [6, 6.07) is 0. The number of hydrogen-bond donors (Lipinski definition) is 1. The molecule has 60 valence electrons. The Bertz CT molecular complexity index is 119. The lowest BCUT2D eigenvalue weighted by Crippen LogP contribution is -2.36. The Hall–Kier alpha value is -0.220. The fourth-order valence-electron chi connectivity index (χ4n) is 0.407. The monoisotopic (exact) mass is 164 g/mol. The molecule has 0 bridgehead atoms. The summed E-state index contributed by atoms with van der Waals surface area (Å²) in [5.41, 5.74) is 0. The molecule has 0 aliphatic heterocycles. The molecular formula is C6H14NO2S+. The Morgan fingerprint density at radius 1 is 1.50 bits per heavy atom. The zero-order valence-electron chi connectivity index (χ0n) is 6.63. The fourth-order valence-corrected chi connectivity index (χ4v) is 1.22. The SMILES string of the molecule is C[N+](C)(C)CCSC(=O)O. The van der Waals surface area contributed by atoms with E-state index in [0.717, 1.165) is 22.8 Å². The van der Waals surface area contributed by atoms with Crippen molar-refractivity contribution in [2.24, 2.45) is 0 Å². The topological polar surface area (TPSA) is 37.3 Å². The second kappa shape index (κ2) is 3.83. The van der Waals surface area contributed by atoms with Crippen LogP contribution in [-0.2, 0) is 0 Å². The van der Waals surface area contributed by atoms with Crippen LogP contribution in [0.1, 0.15) is 0 Å². The summed E-state index contributed by atoms with van der Waals surface area (Å²) in [6.07, 6.45) is 0. The van der Waals surface area contributed by atoms with Gasteiger partial charge in [-0.2, -0.15) is 0 Å². The predicted octanol–water partition coefficient (Wildman–Crippen LogP) is 1.10. The molecule has 0 aromatic heterocycles. The lowest BCUT2D eigenvalue weighted by molar-refractivity contribution is -0.867. The van der Waals surface area contributed by atoms with Gasteiger partial charge in [-0.1, -0.05) is 0 Å². The third-order valence-electron chi connectivity index (χ3n) is 0.988. The highest BCUT2D eigenvalue weighted by atomic mass is 32.2. The summed E-state index contributed by atoms with van der Waals surface area (Å²) in [6.45, 7) is 0.886. The molecule has 0 heterocycles. The van der Waals surface area contributed by atoms with Gasteiger partial charge in [0, 0.05) is 0 Å². The predicted molar refractivity (Wildman–Crippen MR) is 43.4 cm³/mol. The van der Waals surface area contributed by atoms with Crippen LogP contribution < -0.4 is 0 Å². The minimum absolute atomic E-state index is 0.679. The van der Waals surface area contributed by atoms with Crippen molar-refractivity contribution in [3.05, 3.63) is 0 Å². The van der Waals surface area contributed by atoms with Crippen molar-refractivity contribution in [1.29, 1.82) is 0 Å². The number of quaternary nitrogens is 1. The van der Waals surface area contributed by atoms with Crippen LogP contribution in [0.3, 0.4) is 0 Å². The van der Waals surface area contributed by atoms with Gasteiger partial charge in [0.25, 0.3) is 0 Å². The molecule has 0 aromatic carbocycles. The fraction of sp³-hybridized carbons (Fsp3) is 0.833. The van der Waals surface area contributed by atoms with E-state index in [1.54, 1.807) is 0 Å². The van der Waals surface area contributed by atoms with Crippen LogP contribution in [0, 0.1) is 0 Å². The summed E-state index contributed by atoms with van der Waals surface area (Å²) in [5.74, 6) is 0.679. The molecule has 10 heavy (non-hydrogen) atoms. The third kappa shape index (κ3) is 7.78. The van der Waals surface area contributed by atoms with E-state index in [9.17, 15) is 4.79 Å². The van der Waals surface area contributed by atoms with Crippen LogP contribution in [0.4, 0.5) is 4.79 Å². The van der Waals surface area contributed by atoms with E-state index in [4.69, 9.17) is 5.11 Å². The zero-order valence-corrected chi connectivity index (χ0v) is 7.44. The normalized spacial score (nSPS) is 11.5. The van der Waals surface area contributed by atoms with Crippen molar-refractivity contribution in [3.63, 3.8) is 0 Å². The number of thioether (sulfide) groups is 1. The average Bonchev–Trinajstić information content (AvgIpc) is 1.59. The number of carbonyl (C=O) groups is 1. The van der Waals surface area contributed by atoms with E-state index in [2.05, 4.69) is 0 Å². The number of hydrogen-bond acceptors (Lipinski definition) is 2. The van der Waals surface area contributed by atoms with Gasteiger partial charge in [-0.15, -0.1) is 0 Å². The molecule has 0 spiro atoms. The molecule has 0 atom stereocenters. The molecule has 0 rings (SSSR count). The van der Waals surface area contributed by atoms with Gasteiger partial charge in [-0.25, -0.2) is 4.79 Å².